The van der Waals surface area contributed by atoms with Gasteiger partial charge in [-0.25, -0.2) is 14.3 Å². The number of nitrogens with zero attached hydrogens (tertiary/aromatic N) is 7. The number of rotatable bonds is 7. The van der Waals surface area contributed by atoms with Crippen molar-refractivity contribution in [1.82, 2.24) is 29.8 Å². The minimum Gasteiger partial charge on any atom is -0.485 e. The lowest BCUT2D eigenvalue weighted by Crippen LogP contribution is -2.03. The molecule has 0 bridgehead atoms. The number of allylic oxidation sites excluding steroid dienone is 1. The topological polar surface area (TPSA) is 114 Å². The third-order valence-electron chi connectivity index (χ3n) is 4.50. The molecule has 0 amide bonds. The fraction of sp³-hybridized carbons (Fsp3) is 0.100. The van der Waals surface area contributed by atoms with Gasteiger partial charge >= 0.3 is 0 Å². The zero-order valence-electron chi connectivity index (χ0n) is 16.6. The second kappa shape index (κ2) is 9.16. The van der Waals surface area contributed by atoms with Crippen molar-refractivity contribution in [2.24, 2.45) is 0 Å². The Balaban J connectivity index is 1.59. The van der Waals surface area contributed by atoms with Gasteiger partial charge in [-0.1, -0.05) is 28.4 Å². The molecule has 0 saturated heterocycles. The van der Waals surface area contributed by atoms with E-state index in [4.69, 9.17) is 27.9 Å². The molecule has 4 aromatic rings. The molecule has 32 heavy (non-hydrogen) atoms. The summed E-state index contributed by atoms with van der Waals surface area (Å²) in [7, 11) is 0. The van der Waals surface area contributed by atoms with Crippen LogP contribution in [0, 0.1) is 10.1 Å². The molecule has 0 radical (unpaired) electrons. The lowest BCUT2D eigenvalue weighted by Gasteiger charge is -2.15. The van der Waals surface area contributed by atoms with E-state index in [0.717, 1.165) is 0 Å². The maximum Gasteiger partial charge on any atom is 0.269 e. The van der Waals surface area contributed by atoms with Gasteiger partial charge in [0.05, 0.1) is 27.5 Å². The highest BCUT2D eigenvalue weighted by molar-refractivity contribution is 6.35. The van der Waals surface area contributed by atoms with E-state index in [9.17, 15) is 10.1 Å². The molecule has 2 aromatic heterocycles. The standard InChI is InChI=1S/C20H15Cl2N7O3/c1-13(28-12-23-11-24-28)20(18-7-2-14(21)8-19(18)22)32-10-15-9-27(26-25-15)16-3-5-17(6-4-16)29(30)31/h2-9,11-12H,10H2,1H3/b20-13-. The van der Waals surface area contributed by atoms with Crippen LogP contribution in [0.5, 0.6) is 0 Å². The zero-order chi connectivity index (χ0) is 22.7. The molecular formula is C20H15Cl2N7O3. The first-order valence-electron chi connectivity index (χ1n) is 9.22. The number of non-ortho nitro benzene ring substituents is 1. The number of aromatic nitrogens is 6. The van der Waals surface area contributed by atoms with E-state index in [-0.39, 0.29) is 12.3 Å². The summed E-state index contributed by atoms with van der Waals surface area (Å²) in [5.41, 5.74) is 2.46. The van der Waals surface area contributed by atoms with Gasteiger partial charge in [0.2, 0.25) is 0 Å². The van der Waals surface area contributed by atoms with Gasteiger partial charge in [0, 0.05) is 22.7 Å². The van der Waals surface area contributed by atoms with Gasteiger partial charge < -0.3 is 4.74 Å². The Kier molecular flexibility index (Phi) is 6.15. The molecule has 2 heterocycles. The SMILES string of the molecule is C/C(=C(/OCc1cn(-c2ccc([N+](=O)[O-])cc2)nn1)c1ccc(Cl)cc1Cl)n1cncn1. The van der Waals surface area contributed by atoms with Crippen molar-refractivity contribution in [2.45, 2.75) is 13.5 Å². The van der Waals surface area contributed by atoms with Crippen LogP contribution in [0.25, 0.3) is 17.1 Å². The molecule has 0 aliphatic heterocycles. The second-order valence-electron chi connectivity index (χ2n) is 6.60. The lowest BCUT2D eigenvalue weighted by molar-refractivity contribution is -0.384. The van der Waals surface area contributed by atoms with Crippen LogP contribution >= 0.6 is 23.2 Å². The maximum atomic E-state index is 10.8. The smallest absolute Gasteiger partial charge is 0.269 e. The van der Waals surface area contributed by atoms with Crippen molar-refractivity contribution < 1.29 is 9.66 Å². The summed E-state index contributed by atoms with van der Waals surface area (Å²) in [6.45, 7) is 1.91. The summed E-state index contributed by atoms with van der Waals surface area (Å²) < 4.78 is 9.15. The number of benzene rings is 2. The number of halogens is 2. The monoisotopic (exact) mass is 471 g/mol. The largest absolute Gasteiger partial charge is 0.485 e. The Morgan fingerprint density at radius 1 is 1.19 bits per heavy atom. The van der Waals surface area contributed by atoms with E-state index >= 15 is 0 Å². The van der Waals surface area contributed by atoms with E-state index in [1.807, 2.05) is 6.92 Å². The second-order valence-corrected chi connectivity index (χ2v) is 7.44. The minimum atomic E-state index is -0.461. The van der Waals surface area contributed by atoms with E-state index in [2.05, 4.69) is 20.4 Å². The summed E-state index contributed by atoms with van der Waals surface area (Å²) in [6, 6.07) is 11.1. The Morgan fingerprint density at radius 2 is 1.97 bits per heavy atom. The van der Waals surface area contributed by atoms with Crippen LogP contribution < -0.4 is 0 Å². The summed E-state index contributed by atoms with van der Waals surface area (Å²) in [5, 5.41) is 24.1. The highest BCUT2D eigenvalue weighted by atomic mass is 35.5. The summed E-state index contributed by atoms with van der Waals surface area (Å²) in [5.74, 6) is 0.474. The minimum absolute atomic E-state index is 0.00405. The van der Waals surface area contributed by atoms with Crippen molar-refractivity contribution in [2.75, 3.05) is 0 Å². The summed E-state index contributed by atoms with van der Waals surface area (Å²) in [6.07, 6.45) is 4.64. The first-order chi connectivity index (χ1) is 15.4. The van der Waals surface area contributed by atoms with Gasteiger partial charge in [0.25, 0.3) is 5.69 Å². The predicted molar refractivity (Wildman–Crippen MR) is 118 cm³/mol. The van der Waals surface area contributed by atoms with Gasteiger partial charge in [-0.3, -0.25) is 10.1 Å². The Labute approximate surface area is 191 Å². The van der Waals surface area contributed by atoms with Gasteiger partial charge in [-0.15, -0.1) is 5.10 Å². The van der Waals surface area contributed by atoms with Crippen molar-refractivity contribution in [3.63, 3.8) is 0 Å². The molecule has 0 unspecified atom stereocenters. The van der Waals surface area contributed by atoms with Crippen LogP contribution in [0.1, 0.15) is 18.2 Å². The third kappa shape index (κ3) is 4.61. The Morgan fingerprint density at radius 3 is 2.62 bits per heavy atom. The molecule has 10 nitrogen and oxygen atoms in total. The highest BCUT2D eigenvalue weighted by Crippen LogP contribution is 2.31. The first-order valence-corrected chi connectivity index (χ1v) is 9.98. The van der Waals surface area contributed by atoms with Crippen molar-refractivity contribution in [3.05, 3.63) is 92.7 Å². The maximum absolute atomic E-state index is 10.8. The van der Waals surface area contributed by atoms with Gasteiger partial charge in [-0.05, 0) is 37.3 Å². The molecule has 0 aliphatic carbocycles. The van der Waals surface area contributed by atoms with Crippen LogP contribution in [0.4, 0.5) is 5.69 Å². The van der Waals surface area contributed by atoms with Crippen LogP contribution in [0.3, 0.4) is 0 Å². The molecular weight excluding hydrogens is 457 g/mol. The predicted octanol–water partition coefficient (Wildman–Crippen LogP) is 4.64. The number of nitro benzene ring substituents is 1. The average molecular weight is 472 g/mol. The number of ether oxygens (including phenoxy) is 1. The Bertz CT molecular complexity index is 1290. The van der Waals surface area contributed by atoms with E-state index in [1.165, 1.54) is 23.1 Å². The fourth-order valence-electron chi connectivity index (χ4n) is 2.90. The highest BCUT2D eigenvalue weighted by Gasteiger charge is 2.16. The number of hydrogen-bond acceptors (Lipinski definition) is 7. The molecule has 12 heteroatoms. The van der Waals surface area contributed by atoms with Crippen LogP contribution in [-0.2, 0) is 11.3 Å². The molecule has 162 valence electrons. The summed E-state index contributed by atoms with van der Waals surface area (Å²) in [4.78, 5) is 14.3. The zero-order valence-corrected chi connectivity index (χ0v) is 18.1. The quantitative estimate of drug-likeness (QED) is 0.219. The molecule has 0 saturated carbocycles. The van der Waals surface area contributed by atoms with Crippen molar-refractivity contribution >= 4 is 40.3 Å². The summed E-state index contributed by atoms with van der Waals surface area (Å²) >= 11 is 12.4. The average Bonchev–Trinajstić information content (AvgIpc) is 3.47. The first kappa shape index (κ1) is 21.5. The van der Waals surface area contributed by atoms with Crippen LogP contribution in [0.2, 0.25) is 10.0 Å². The molecule has 0 atom stereocenters. The van der Waals surface area contributed by atoms with Crippen molar-refractivity contribution in [1.29, 1.82) is 0 Å². The molecule has 0 fully saturated rings. The van der Waals surface area contributed by atoms with Crippen molar-refractivity contribution in [3.8, 4) is 5.69 Å². The van der Waals surface area contributed by atoms with E-state index in [0.29, 0.717) is 38.4 Å². The molecule has 0 aliphatic rings. The molecule has 4 rings (SSSR count). The normalized spacial score (nSPS) is 11.8. The molecule has 0 spiro atoms. The number of nitro groups is 1. The molecule has 0 N–H and O–H groups in total. The Hall–Kier alpha value is -3.76. The van der Waals surface area contributed by atoms with Gasteiger partial charge in [-0.2, -0.15) is 5.10 Å². The fourth-order valence-corrected chi connectivity index (χ4v) is 3.39. The van der Waals surface area contributed by atoms with E-state index in [1.54, 1.807) is 47.5 Å². The van der Waals surface area contributed by atoms with E-state index < -0.39 is 4.92 Å². The van der Waals surface area contributed by atoms with Crippen LogP contribution in [-0.4, -0.2) is 34.7 Å². The lowest BCUT2D eigenvalue weighted by atomic mass is 10.1. The molecule has 2 aromatic carbocycles. The van der Waals surface area contributed by atoms with Gasteiger partial charge in [0.1, 0.15) is 30.7 Å². The van der Waals surface area contributed by atoms with Crippen LogP contribution in [0.15, 0.2) is 61.3 Å². The van der Waals surface area contributed by atoms with Gasteiger partial charge in [0.15, 0.2) is 0 Å². The number of hydrogen-bond donors (Lipinski definition) is 0. The third-order valence-corrected chi connectivity index (χ3v) is 5.04.